The molecular formula is C23H28N6O2. The number of rotatable bonds is 6. The Balaban J connectivity index is 1.54. The Bertz CT molecular complexity index is 938. The second-order valence-corrected chi connectivity index (χ2v) is 7.46. The fraction of sp³-hybridized carbons (Fsp3) is 0.391. The predicted octanol–water partition coefficient (Wildman–Crippen LogP) is 2.77. The van der Waals surface area contributed by atoms with Crippen molar-refractivity contribution in [2.45, 2.75) is 26.2 Å². The van der Waals surface area contributed by atoms with E-state index in [1.54, 1.807) is 18.3 Å². The molecule has 2 aromatic rings. The summed E-state index contributed by atoms with van der Waals surface area (Å²) in [5.41, 5.74) is 2.15. The highest BCUT2D eigenvalue weighted by molar-refractivity contribution is 5.89. The van der Waals surface area contributed by atoms with Gasteiger partial charge in [0.15, 0.2) is 0 Å². The number of hydrogen-bond donors (Lipinski definition) is 2. The Hall–Kier alpha value is -3.60. The van der Waals surface area contributed by atoms with Crippen LogP contribution in [0, 0.1) is 11.3 Å². The van der Waals surface area contributed by atoms with E-state index in [1.807, 2.05) is 36.1 Å². The van der Waals surface area contributed by atoms with E-state index in [-0.39, 0.29) is 11.9 Å². The van der Waals surface area contributed by atoms with Crippen molar-refractivity contribution in [3.05, 3.63) is 53.7 Å². The third-order valence-electron chi connectivity index (χ3n) is 5.16. The number of carbonyl (C=O) groups excluding carboxylic acids is 2. The van der Waals surface area contributed by atoms with Gasteiger partial charge in [-0.15, -0.1) is 0 Å². The molecule has 1 aliphatic rings. The summed E-state index contributed by atoms with van der Waals surface area (Å²) in [5.74, 6) is 0.759. The van der Waals surface area contributed by atoms with Crippen LogP contribution in [-0.4, -0.2) is 54.5 Å². The molecule has 0 bridgehead atoms. The van der Waals surface area contributed by atoms with E-state index >= 15 is 0 Å². The molecule has 1 saturated heterocycles. The highest BCUT2D eigenvalue weighted by Crippen LogP contribution is 2.19. The number of amides is 3. The highest BCUT2D eigenvalue weighted by Gasteiger charge is 2.21. The third kappa shape index (κ3) is 6.19. The van der Waals surface area contributed by atoms with Crippen molar-refractivity contribution in [2.75, 3.05) is 42.9 Å². The molecule has 0 radical (unpaired) electrons. The summed E-state index contributed by atoms with van der Waals surface area (Å²) in [6.45, 7) is 5.31. The molecule has 1 fully saturated rings. The molecule has 2 heterocycles. The zero-order valence-corrected chi connectivity index (χ0v) is 17.8. The number of pyridine rings is 1. The lowest BCUT2D eigenvalue weighted by atomic mass is 10.1. The zero-order valence-electron chi connectivity index (χ0n) is 17.8. The maximum atomic E-state index is 12.8. The van der Waals surface area contributed by atoms with E-state index in [4.69, 9.17) is 0 Å². The summed E-state index contributed by atoms with van der Waals surface area (Å²) in [6.07, 6.45) is 3.71. The molecule has 8 nitrogen and oxygen atoms in total. The number of nitriles is 1. The average Bonchev–Trinajstić information content (AvgIpc) is 3.05. The number of aromatic nitrogens is 1. The summed E-state index contributed by atoms with van der Waals surface area (Å²) in [4.78, 5) is 32.9. The molecule has 162 valence electrons. The van der Waals surface area contributed by atoms with Crippen LogP contribution >= 0.6 is 0 Å². The monoisotopic (exact) mass is 420 g/mol. The number of urea groups is 1. The minimum atomic E-state index is -0.229. The van der Waals surface area contributed by atoms with Crippen molar-refractivity contribution < 1.29 is 9.59 Å². The van der Waals surface area contributed by atoms with Gasteiger partial charge in [-0.05, 0) is 42.7 Å². The van der Waals surface area contributed by atoms with Crippen LogP contribution in [0.25, 0.3) is 0 Å². The normalized spacial score (nSPS) is 13.8. The van der Waals surface area contributed by atoms with Gasteiger partial charge in [0.2, 0.25) is 5.91 Å². The van der Waals surface area contributed by atoms with Crippen LogP contribution in [-0.2, 0) is 11.2 Å². The first kappa shape index (κ1) is 22.1. The lowest BCUT2D eigenvalue weighted by Crippen LogP contribution is -2.36. The number of hydrogen-bond acceptors (Lipinski definition) is 5. The van der Waals surface area contributed by atoms with Gasteiger partial charge < -0.3 is 20.4 Å². The van der Waals surface area contributed by atoms with Gasteiger partial charge in [-0.25, -0.2) is 9.78 Å². The predicted molar refractivity (Wildman–Crippen MR) is 120 cm³/mol. The molecule has 0 aliphatic carbocycles. The van der Waals surface area contributed by atoms with Gasteiger partial charge in [-0.3, -0.25) is 4.79 Å². The molecule has 1 aliphatic heterocycles. The number of nitrogens with zero attached hydrogens (tertiary/aromatic N) is 4. The van der Waals surface area contributed by atoms with Gasteiger partial charge in [0, 0.05) is 44.6 Å². The zero-order chi connectivity index (χ0) is 22.1. The Labute approximate surface area is 182 Å². The van der Waals surface area contributed by atoms with Crippen LogP contribution in [0.1, 0.15) is 30.9 Å². The molecule has 0 saturated carbocycles. The number of nitrogens with one attached hydrogen (secondary N) is 2. The molecule has 3 rings (SSSR count). The Morgan fingerprint density at radius 3 is 2.68 bits per heavy atom. The molecule has 1 aromatic heterocycles. The average molecular weight is 421 g/mol. The lowest BCUT2D eigenvalue weighted by Gasteiger charge is -2.23. The molecule has 2 N–H and O–H groups in total. The van der Waals surface area contributed by atoms with E-state index in [1.165, 1.54) is 0 Å². The van der Waals surface area contributed by atoms with Crippen LogP contribution in [0.3, 0.4) is 0 Å². The molecule has 8 heteroatoms. The Kier molecular flexibility index (Phi) is 7.82. The van der Waals surface area contributed by atoms with Gasteiger partial charge >= 0.3 is 6.03 Å². The summed E-state index contributed by atoms with van der Waals surface area (Å²) < 4.78 is 0. The Morgan fingerprint density at radius 2 is 1.94 bits per heavy atom. The Morgan fingerprint density at radius 1 is 1.13 bits per heavy atom. The van der Waals surface area contributed by atoms with Crippen molar-refractivity contribution in [3.63, 3.8) is 0 Å². The quantitative estimate of drug-likeness (QED) is 0.748. The third-order valence-corrected chi connectivity index (χ3v) is 5.16. The molecule has 0 atom stereocenters. The van der Waals surface area contributed by atoms with Crippen LogP contribution < -0.4 is 15.5 Å². The van der Waals surface area contributed by atoms with Crippen molar-refractivity contribution in [3.8, 4) is 6.07 Å². The van der Waals surface area contributed by atoms with Gasteiger partial charge in [0.05, 0.1) is 12.0 Å². The van der Waals surface area contributed by atoms with E-state index in [9.17, 15) is 14.9 Å². The summed E-state index contributed by atoms with van der Waals surface area (Å²) >= 11 is 0. The summed E-state index contributed by atoms with van der Waals surface area (Å²) in [6, 6.07) is 12.8. The summed E-state index contributed by atoms with van der Waals surface area (Å²) in [5, 5.41) is 14.9. The fourth-order valence-electron chi connectivity index (χ4n) is 3.52. The van der Waals surface area contributed by atoms with Gasteiger partial charge in [0.25, 0.3) is 0 Å². The maximum absolute atomic E-state index is 12.8. The molecule has 31 heavy (non-hydrogen) atoms. The minimum Gasteiger partial charge on any atom is -0.354 e. The first-order valence-corrected chi connectivity index (χ1v) is 10.6. The standard InChI is InChI=1S/C23H28N6O2/c1-2-10-26-23(31)27-20-8-6-18(7-9-20)16-21(30)28-12-4-13-29(15-14-28)22-19(17-24)5-3-11-25-22/h3,5-9,11H,2,4,10,12-16H2,1H3,(H2,26,27,31). The van der Waals surface area contributed by atoms with Crippen LogP contribution in [0.15, 0.2) is 42.6 Å². The second-order valence-electron chi connectivity index (χ2n) is 7.46. The van der Waals surface area contributed by atoms with Crippen molar-refractivity contribution in [2.24, 2.45) is 0 Å². The van der Waals surface area contributed by atoms with Gasteiger partial charge in [-0.1, -0.05) is 19.1 Å². The van der Waals surface area contributed by atoms with Crippen molar-refractivity contribution in [1.82, 2.24) is 15.2 Å². The molecule has 0 unspecified atom stereocenters. The molecule has 0 spiro atoms. The van der Waals surface area contributed by atoms with Crippen LogP contribution in [0.4, 0.5) is 16.3 Å². The number of carbonyl (C=O) groups is 2. The van der Waals surface area contributed by atoms with E-state index in [0.29, 0.717) is 49.7 Å². The van der Waals surface area contributed by atoms with Crippen LogP contribution in [0.5, 0.6) is 0 Å². The fourth-order valence-corrected chi connectivity index (χ4v) is 3.52. The topological polar surface area (TPSA) is 101 Å². The highest BCUT2D eigenvalue weighted by atomic mass is 16.2. The van der Waals surface area contributed by atoms with Crippen molar-refractivity contribution in [1.29, 1.82) is 5.26 Å². The smallest absolute Gasteiger partial charge is 0.319 e. The first-order chi connectivity index (χ1) is 15.1. The van der Waals surface area contributed by atoms with E-state index < -0.39 is 0 Å². The van der Waals surface area contributed by atoms with Gasteiger partial charge in [-0.2, -0.15) is 5.26 Å². The first-order valence-electron chi connectivity index (χ1n) is 10.6. The van der Waals surface area contributed by atoms with Crippen LogP contribution in [0.2, 0.25) is 0 Å². The van der Waals surface area contributed by atoms with Gasteiger partial charge in [0.1, 0.15) is 11.9 Å². The maximum Gasteiger partial charge on any atom is 0.319 e. The molecule has 3 amide bonds. The number of anilines is 2. The molecule has 1 aromatic carbocycles. The molecular weight excluding hydrogens is 392 g/mol. The lowest BCUT2D eigenvalue weighted by molar-refractivity contribution is -0.130. The van der Waals surface area contributed by atoms with E-state index in [2.05, 4.69) is 26.6 Å². The summed E-state index contributed by atoms with van der Waals surface area (Å²) in [7, 11) is 0. The minimum absolute atomic E-state index is 0.0739. The largest absolute Gasteiger partial charge is 0.354 e. The van der Waals surface area contributed by atoms with Crippen molar-refractivity contribution >= 4 is 23.4 Å². The SMILES string of the molecule is CCCNC(=O)Nc1ccc(CC(=O)N2CCCN(c3ncccc3C#N)CC2)cc1. The second kappa shape index (κ2) is 11.0. The number of benzene rings is 1. The van der Waals surface area contributed by atoms with E-state index in [0.717, 1.165) is 24.9 Å².